The van der Waals surface area contributed by atoms with Crippen LogP contribution in [0.5, 0.6) is 0 Å². The third kappa shape index (κ3) is 5.19. The molecule has 3 N–H and O–H groups in total. The number of amides is 3. The zero-order chi connectivity index (χ0) is 15.2. The number of rotatable bonds is 6. The molecule has 5 nitrogen and oxygen atoms in total. The van der Waals surface area contributed by atoms with Crippen LogP contribution in [-0.4, -0.2) is 30.6 Å². The predicted molar refractivity (Wildman–Crippen MR) is 82.0 cm³/mol. The number of imide groups is 1. The summed E-state index contributed by atoms with van der Waals surface area (Å²) in [5.74, 6) is -0.0143. The van der Waals surface area contributed by atoms with Crippen LogP contribution in [0, 0.1) is 0 Å². The van der Waals surface area contributed by atoms with Crippen molar-refractivity contribution in [3.8, 4) is 0 Å². The smallest absolute Gasteiger partial charge is 0.321 e. The second-order valence-electron chi connectivity index (χ2n) is 5.66. The summed E-state index contributed by atoms with van der Waals surface area (Å²) in [6, 6.07) is 10.2. The van der Waals surface area contributed by atoms with Gasteiger partial charge in [0, 0.05) is 12.1 Å². The van der Waals surface area contributed by atoms with Crippen molar-refractivity contribution < 1.29 is 9.59 Å². The second kappa shape index (κ2) is 7.22. The lowest BCUT2D eigenvalue weighted by molar-refractivity contribution is -0.119. The lowest BCUT2D eigenvalue weighted by Gasteiger charge is -2.21. The number of carbonyl (C=O) groups excluding carboxylic acids is 2. The van der Waals surface area contributed by atoms with Gasteiger partial charge in [0.15, 0.2) is 0 Å². The summed E-state index contributed by atoms with van der Waals surface area (Å²) < 4.78 is 0. The fourth-order valence-electron chi connectivity index (χ4n) is 2.10. The van der Waals surface area contributed by atoms with E-state index in [-0.39, 0.29) is 24.5 Å². The molecule has 0 spiro atoms. The molecule has 2 rings (SSSR count). The van der Waals surface area contributed by atoms with Crippen LogP contribution in [0.15, 0.2) is 30.3 Å². The van der Waals surface area contributed by atoms with Gasteiger partial charge in [0.2, 0.25) is 5.91 Å². The Kier molecular flexibility index (Phi) is 5.33. The van der Waals surface area contributed by atoms with Gasteiger partial charge in [0.1, 0.15) is 0 Å². The zero-order valence-electron chi connectivity index (χ0n) is 12.6. The monoisotopic (exact) mass is 289 g/mol. The number of hydrogen-bond donors (Lipinski definition) is 3. The Morgan fingerprint density at radius 2 is 1.86 bits per heavy atom. The van der Waals surface area contributed by atoms with Gasteiger partial charge >= 0.3 is 6.03 Å². The zero-order valence-corrected chi connectivity index (χ0v) is 12.6. The molecule has 1 aliphatic carbocycles. The summed E-state index contributed by atoms with van der Waals surface area (Å²) in [4.78, 5) is 23.1. The summed E-state index contributed by atoms with van der Waals surface area (Å²) in [5, 5.41) is 8.22. The number of nitrogens with one attached hydrogen (secondary N) is 3. The van der Waals surface area contributed by atoms with E-state index in [4.69, 9.17) is 0 Å². The van der Waals surface area contributed by atoms with E-state index < -0.39 is 6.03 Å². The average molecular weight is 289 g/mol. The Labute approximate surface area is 125 Å². The van der Waals surface area contributed by atoms with Crippen LogP contribution >= 0.6 is 0 Å². The van der Waals surface area contributed by atoms with Crippen molar-refractivity contribution in [1.82, 2.24) is 16.0 Å². The summed E-state index contributed by atoms with van der Waals surface area (Å²) in [5.41, 5.74) is 1.23. The van der Waals surface area contributed by atoms with E-state index >= 15 is 0 Å². The molecule has 5 heteroatoms. The van der Waals surface area contributed by atoms with E-state index in [2.05, 4.69) is 35.0 Å². The standard InChI is InChI=1S/C16H23N3O2/c1-11(13-6-4-3-5-7-13)12(2)17-10-15(20)19-16(21)18-14-8-9-14/h3-7,11-12,14,17H,8-10H2,1-2H3,(H2,18,19,20,21)/t11-,12-/m0/s1. The van der Waals surface area contributed by atoms with Gasteiger partial charge in [-0.2, -0.15) is 0 Å². The third-order valence-corrected chi connectivity index (χ3v) is 3.83. The fraction of sp³-hybridized carbons (Fsp3) is 0.500. The molecule has 0 heterocycles. The molecule has 0 unspecified atom stereocenters. The summed E-state index contributed by atoms with van der Waals surface area (Å²) in [7, 11) is 0. The SMILES string of the molecule is C[C@H](NCC(=O)NC(=O)NC1CC1)[C@H](C)c1ccccc1. The first-order chi connectivity index (χ1) is 10.1. The van der Waals surface area contributed by atoms with Crippen molar-refractivity contribution in [2.24, 2.45) is 0 Å². The first-order valence-corrected chi connectivity index (χ1v) is 7.45. The highest BCUT2D eigenvalue weighted by Gasteiger charge is 2.24. The molecule has 114 valence electrons. The van der Waals surface area contributed by atoms with Crippen molar-refractivity contribution in [2.75, 3.05) is 6.54 Å². The topological polar surface area (TPSA) is 70.2 Å². The van der Waals surface area contributed by atoms with Crippen LogP contribution in [0.4, 0.5) is 4.79 Å². The quantitative estimate of drug-likeness (QED) is 0.747. The molecule has 0 radical (unpaired) electrons. The third-order valence-electron chi connectivity index (χ3n) is 3.83. The summed E-state index contributed by atoms with van der Waals surface area (Å²) in [6.45, 7) is 4.29. The molecule has 1 saturated carbocycles. The van der Waals surface area contributed by atoms with Crippen LogP contribution in [0.1, 0.15) is 38.2 Å². The minimum atomic E-state index is -0.395. The van der Waals surface area contributed by atoms with E-state index in [1.165, 1.54) is 5.56 Å². The maximum Gasteiger partial charge on any atom is 0.321 e. The van der Waals surface area contributed by atoms with Crippen molar-refractivity contribution in [1.29, 1.82) is 0 Å². The predicted octanol–water partition coefficient (Wildman–Crippen LogP) is 1.76. The fourth-order valence-corrected chi connectivity index (χ4v) is 2.10. The molecule has 3 amide bonds. The lowest BCUT2D eigenvalue weighted by Crippen LogP contribution is -2.46. The van der Waals surface area contributed by atoms with Gasteiger partial charge in [0.25, 0.3) is 0 Å². The Morgan fingerprint density at radius 3 is 2.48 bits per heavy atom. The highest BCUT2D eigenvalue weighted by molar-refractivity contribution is 5.95. The van der Waals surface area contributed by atoms with E-state index in [0.717, 1.165) is 12.8 Å². The van der Waals surface area contributed by atoms with Crippen molar-refractivity contribution >= 4 is 11.9 Å². The molecule has 2 atom stereocenters. The summed E-state index contributed by atoms with van der Waals surface area (Å²) in [6.07, 6.45) is 2.01. The number of carbonyl (C=O) groups is 2. The van der Waals surface area contributed by atoms with Crippen LogP contribution in [0.2, 0.25) is 0 Å². The van der Waals surface area contributed by atoms with Gasteiger partial charge in [-0.15, -0.1) is 0 Å². The van der Waals surface area contributed by atoms with Gasteiger partial charge in [-0.1, -0.05) is 37.3 Å². The van der Waals surface area contributed by atoms with Crippen LogP contribution < -0.4 is 16.0 Å². The maximum absolute atomic E-state index is 11.7. The van der Waals surface area contributed by atoms with Crippen LogP contribution in [-0.2, 0) is 4.79 Å². The molecule has 0 saturated heterocycles. The van der Waals surface area contributed by atoms with Gasteiger partial charge in [-0.05, 0) is 31.2 Å². The Morgan fingerprint density at radius 1 is 1.19 bits per heavy atom. The highest BCUT2D eigenvalue weighted by Crippen LogP contribution is 2.18. The van der Waals surface area contributed by atoms with Crippen molar-refractivity contribution in [2.45, 2.75) is 44.7 Å². The van der Waals surface area contributed by atoms with E-state index in [0.29, 0.717) is 5.92 Å². The van der Waals surface area contributed by atoms with Gasteiger partial charge in [0.05, 0.1) is 6.54 Å². The Balaban J connectivity index is 1.71. The van der Waals surface area contributed by atoms with Gasteiger partial charge in [-0.25, -0.2) is 4.79 Å². The summed E-state index contributed by atoms with van der Waals surface area (Å²) >= 11 is 0. The highest BCUT2D eigenvalue weighted by atomic mass is 16.2. The molecular weight excluding hydrogens is 266 g/mol. The van der Waals surface area contributed by atoms with Crippen molar-refractivity contribution in [3.63, 3.8) is 0 Å². The molecule has 1 aliphatic rings. The molecule has 1 aromatic rings. The Hall–Kier alpha value is -1.88. The minimum Gasteiger partial charge on any atom is -0.335 e. The second-order valence-corrected chi connectivity index (χ2v) is 5.66. The van der Waals surface area contributed by atoms with Crippen molar-refractivity contribution in [3.05, 3.63) is 35.9 Å². The molecular formula is C16H23N3O2. The molecule has 0 aromatic heterocycles. The number of hydrogen-bond acceptors (Lipinski definition) is 3. The van der Waals surface area contributed by atoms with Gasteiger partial charge < -0.3 is 10.6 Å². The largest absolute Gasteiger partial charge is 0.335 e. The first kappa shape index (κ1) is 15.5. The maximum atomic E-state index is 11.7. The lowest BCUT2D eigenvalue weighted by atomic mass is 9.94. The van der Waals surface area contributed by atoms with Gasteiger partial charge in [-0.3, -0.25) is 10.1 Å². The number of urea groups is 1. The average Bonchev–Trinajstić information content (AvgIpc) is 3.28. The van der Waals surface area contributed by atoms with E-state index in [9.17, 15) is 9.59 Å². The molecule has 0 bridgehead atoms. The molecule has 0 aliphatic heterocycles. The first-order valence-electron chi connectivity index (χ1n) is 7.45. The number of benzene rings is 1. The van der Waals surface area contributed by atoms with E-state index in [1.54, 1.807) is 0 Å². The molecule has 21 heavy (non-hydrogen) atoms. The molecule has 1 aromatic carbocycles. The minimum absolute atomic E-state index is 0.135. The Bertz CT molecular complexity index is 486. The molecule has 1 fully saturated rings. The van der Waals surface area contributed by atoms with Crippen LogP contribution in [0.25, 0.3) is 0 Å². The van der Waals surface area contributed by atoms with Crippen LogP contribution in [0.3, 0.4) is 0 Å². The normalized spacial score (nSPS) is 16.9. The van der Waals surface area contributed by atoms with E-state index in [1.807, 2.05) is 25.1 Å².